The van der Waals surface area contributed by atoms with Gasteiger partial charge in [0.2, 0.25) is 0 Å². The Hall–Kier alpha value is 0.916. The molecule has 0 saturated carbocycles. The summed E-state index contributed by atoms with van der Waals surface area (Å²) in [6, 6.07) is 0. The quantitative estimate of drug-likeness (QED) is 0.465. The van der Waals surface area contributed by atoms with Crippen LogP contribution in [-0.4, -0.2) is 15.0 Å². The summed E-state index contributed by atoms with van der Waals surface area (Å²) in [6.45, 7) is 1.45. The third kappa shape index (κ3) is 3.90. The van der Waals surface area contributed by atoms with Crippen LogP contribution in [0.5, 0.6) is 0 Å². The summed E-state index contributed by atoms with van der Waals surface area (Å²) in [5.41, 5.74) is 0. The number of nitrogens with zero attached hydrogens (tertiary/aromatic N) is 1. The molecule has 0 fully saturated rings. The maximum Gasteiger partial charge on any atom is 1.00 e. The first-order chi connectivity index (χ1) is 4.49. The van der Waals surface area contributed by atoms with E-state index >= 15 is 0 Å². The van der Waals surface area contributed by atoms with Gasteiger partial charge in [-0.25, -0.2) is 0 Å². The van der Waals surface area contributed by atoms with E-state index in [-0.39, 0.29) is 57.1 Å². The third-order valence-electron chi connectivity index (χ3n) is 0.779. The van der Waals surface area contributed by atoms with Crippen LogP contribution in [0.25, 0.3) is 4.72 Å². The summed E-state index contributed by atoms with van der Waals surface area (Å²) >= 11 is -3.47. The van der Waals surface area contributed by atoms with E-state index in [9.17, 15) is 4.79 Å². The van der Waals surface area contributed by atoms with Crippen LogP contribution in [0.4, 0.5) is 0 Å². The zero-order valence-corrected chi connectivity index (χ0v) is 10.1. The van der Waals surface area contributed by atoms with Crippen LogP contribution >= 0.6 is 11.1 Å². The molecule has 0 aromatic carbocycles. The van der Waals surface area contributed by atoms with Crippen LogP contribution in [0.3, 0.4) is 0 Å². The van der Waals surface area contributed by atoms with Gasteiger partial charge >= 0.3 is 51.4 Å². The van der Waals surface area contributed by atoms with Crippen molar-refractivity contribution in [2.75, 3.05) is 0 Å². The van der Waals surface area contributed by atoms with Crippen LogP contribution in [0, 0.1) is 0 Å². The maximum absolute atomic E-state index is 10.5. The molecule has 0 saturated heterocycles. The van der Waals surface area contributed by atoms with Gasteiger partial charge in [0.15, 0.2) is 0 Å². The molecule has 0 aromatic rings. The van der Waals surface area contributed by atoms with E-state index in [4.69, 9.17) is 9.11 Å². The molecule has 0 atom stereocenters. The topological polar surface area (TPSA) is 80.9 Å². The van der Waals surface area contributed by atoms with Crippen LogP contribution in [0.1, 0.15) is 6.92 Å². The summed E-state index contributed by atoms with van der Waals surface area (Å²) in [7, 11) is 0. The van der Waals surface area contributed by atoms with Crippen LogP contribution in [0.2, 0.25) is 0 Å². The standard InChI is InChI=1S/C4H7NO4S.K/c1-3-2-4(6)5-10(7,8)9-3;/h2H,1H3,(H3,5,6,7,8);/q;+1/p-1. The molecule has 1 aliphatic heterocycles. The van der Waals surface area contributed by atoms with Gasteiger partial charge < -0.3 is 22.8 Å². The van der Waals surface area contributed by atoms with Crippen molar-refractivity contribution < 1.29 is 69.5 Å². The second kappa shape index (κ2) is 4.24. The van der Waals surface area contributed by atoms with E-state index in [2.05, 4.69) is 8.91 Å². The molecule has 11 heavy (non-hydrogen) atoms. The number of allylic oxidation sites excluding steroid dienone is 1. The van der Waals surface area contributed by atoms with Crippen molar-refractivity contribution in [3.05, 3.63) is 16.6 Å². The summed E-state index contributed by atoms with van der Waals surface area (Å²) in [5.74, 6) is -0.510. The predicted octanol–water partition coefficient (Wildman–Crippen LogP) is -1.59. The molecule has 7 heteroatoms. The van der Waals surface area contributed by atoms with E-state index in [0.717, 1.165) is 6.08 Å². The van der Waals surface area contributed by atoms with Crippen LogP contribution < -0.4 is 51.4 Å². The minimum Gasteiger partial charge on any atom is -0.536 e. The van der Waals surface area contributed by atoms with Crippen molar-refractivity contribution >= 4 is 17.0 Å². The average molecular weight is 203 g/mol. The zero-order valence-electron chi connectivity index (χ0n) is 6.14. The van der Waals surface area contributed by atoms with Gasteiger partial charge in [0.05, 0.1) is 17.0 Å². The molecular weight excluding hydrogens is 197 g/mol. The first-order valence-corrected chi connectivity index (χ1v) is 3.85. The van der Waals surface area contributed by atoms with Crippen molar-refractivity contribution in [3.8, 4) is 0 Å². The Morgan fingerprint density at radius 3 is 2.55 bits per heavy atom. The minimum absolute atomic E-state index is 0. The van der Waals surface area contributed by atoms with Gasteiger partial charge in [-0.1, -0.05) is 0 Å². The normalized spacial score (nSPS) is 23.5. The Labute approximate surface area is 108 Å². The molecule has 1 heterocycles. The average Bonchev–Trinajstić information content (AvgIpc) is 1.54. The predicted molar refractivity (Wildman–Crippen MR) is 36.1 cm³/mol. The van der Waals surface area contributed by atoms with Gasteiger partial charge in [0.1, 0.15) is 5.76 Å². The number of carbonyl (C=O) groups excluding carboxylic acids is 1. The summed E-state index contributed by atoms with van der Waals surface area (Å²) in [5, 5.41) is 0. The summed E-state index contributed by atoms with van der Waals surface area (Å²) in [4.78, 5) is 10.5. The number of amides is 1. The van der Waals surface area contributed by atoms with Gasteiger partial charge in [-0.15, -0.1) is 0 Å². The Morgan fingerprint density at radius 1 is 1.64 bits per heavy atom. The smallest absolute Gasteiger partial charge is 0.536 e. The van der Waals surface area contributed by atoms with E-state index in [1.54, 1.807) is 0 Å². The van der Waals surface area contributed by atoms with Gasteiger partial charge in [-0.05, 0) is 6.92 Å². The van der Waals surface area contributed by atoms with Gasteiger partial charge in [-0.3, -0.25) is 0 Å². The number of carbonyl (C=O) groups is 1. The summed E-state index contributed by atoms with van der Waals surface area (Å²) in [6.07, 6.45) is 1.08. The van der Waals surface area contributed by atoms with E-state index < -0.39 is 17.0 Å². The largest absolute Gasteiger partial charge is 1.00 e. The SMILES string of the molecule is CC1=CC(=O)[N-]S(O)(O)O1.[K+]. The first kappa shape index (κ1) is 11.9. The molecule has 1 aliphatic rings. The number of rotatable bonds is 0. The fourth-order valence-corrected chi connectivity index (χ4v) is 1.26. The van der Waals surface area contributed by atoms with Crippen molar-refractivity contribution in [3.63, 3.8) is 0 Å². The van der Waals surface area contributed by atoms with Crippen molar-refractivity contribution in [2.24, 2.45) is 0 Å². The number of hydrogen-bond donors (Lipinski definition) is 2. The molecule has 1 amide bonds. The molecule has 58 valence electrons. The second-order valence-corrected chi connectivity index (χ2v) is 3.02. The van der Waals surface area contributed by atoms with E-state index in [1.165, 1.54) is 6.92 Å². The Bertz CT molecular complexity index is 204. The molecule has 0 aliphatic carbocycles. The monoisotopic (exact) mass is 203 g/mol. The molecule has 0 radical (unpaired) electrons. The number of hydrogen-bond acceptors (Lipinski definition) is 4. The summed E-state index contributed by atoms with van der Waals surface area (Å²) < 4.78 is 24.7. The molecule has 0 aromatic heterocycles. The second-order valence-electron chi connectivity index (χ2n) is 1.74. The van der Waals surface area contributed by atoms with Crippen molar-refractivity contribution in [1.82, 2.24) is 0 Å². The Balaban J connectivity index is 0.000001000. The Morgan fingerprint density at radius 2 is 2.18 bits per heavy atom. The molecule has 0 bridgehead atoms. The van der Waals surface area contributed by atoms with Crippen LogP contribution in [-0.2, 0) is 8.98 Å². The maximum atomic E-state index is 10.5. The molecule has 0 spiro atoms. The minimum atomic E-state index is -3.47. The van der Waals surface area contributed by atoms with E-state index in [1.807, 2.05) is 0 Å². The Kier molecular flexibility index (Phi) is 4.59. The van der Waals surface area contributed by atoms with Crippen molar-refractivity contribution in [1.29, 1.82) is 0 Å². The molecule has 0 unspecified atom stereocenters. The first-order valence-electron chi connectivity index (χ1n) is 2.42. The van der Waals surface area contributed by atoms with Gasteiger partial charge in [0.25, 0.3) is 0 Å². The fraction of sp³-hybridized carbons (Fsp3) is 0.250. The van der Waals surface area contributed by atoms with Crippen LogP contribution in [0.15, 0.2) is 11.8 Å². The van der Waals surface area contributed by atoms with Gasteiger partial charge in [0, 0.05) is 6.08 Å². The fourth-order valence-electron chi connectivity index (χ4n) is 0.536. The van der Waals surface area contributed by atoms with Gasteiger partial charge in [-0.2, -0.15) is 0 Å². The van der Waals surface area contributed by atoms with E-state index in [0.29, 0.717) is 0 Å². The van der Waals surface area contributed by atoms with Crippen molar-refractivity contribution in [2.45, 2.75) is 6.92 Å². The third-order valence-corrected chi connectivity index (χ3v) is 1.68. The molecule has 5 nitrogen and oxygen atoms in total. The molecular formula is C4H6KNO4S. The molecule has 2 N–H and O–H groups in total. The molecule has 1 rings (SSSR count). The zero-order chi connectivity index (χ0) is 7.78.